The van der Waals surface area contributed by atoms with E-state index < -0.39 is 74.1 Å². The normalized spacial score (nSPS) is 44.2. The maximum Gasteiger partial charge on any atom is 0.187 e. The van der Waals surface area contributed by atoms with Crippen LogP contribution >= 0.6 is 0 Å². The predicted octanol–water partition coefficient (Wildman–Crippen LogP) is -0.615. The smallest absolute Gasteiger partial charge is 0.187 e. The Bertz CT molecular complexity index is 786. The molecule has 0 aromatic heterocycles. The van der Waals surface area contributed by atoms with Crippen molar-refractivity contribution >= 4 is 5.78 Å². The van der Waals surface area contributed by atoms with Crippen LogP contribution in [0.2, 0.25) is 0 Å². The van der Waals surface area contributed by atoms with Crippen LogP contribution in [-0.2, 0) is 23.7 Å². The summed E-state index contributed by atoms with van der Waals surface area (Å²) in [7, 11) is 0. The van der Waals surface area contributed by atoms with Crippen molar-refractivity contribution in [1.82, 2.24) is 0 Å². The van der Waals surface area contributed by atoms with Gasteiger partial charge in [-0.1, -0.05) is 19.4 Å². The number of carbonyl (C=O) groups is 1. The summed E-state index contributed by atoms with van der Waals surface area (Å²) in [5.41, 5.74) is 0.831. The zero-order chi connectivity index (χ0) is 26.9. The fraction of sp³-hybridized carbons (Fsp3) is 0.880. The zero-order valence-electron chi connectivity index (χ0n) is 21.6. The van der Waals surface area contributed by atoms with E-state index >= 15 is 0 Å². The molecule has 36 heavy (non-hydrogen) atoms. The van der Waals surface area contributed by atoms with Gasteiger partial charge >= 0.3 is 0 Å². The van der Waals surface area contributed by atoms with E-state index in [4.69, 9.17) is 18.9 Å². The van der Waals surface area contributed by atoms with Crippen molar-refractivity contribution in [1.29, 1.82) is 0 Å². The van der Waals surface area contributed by atoms with Gasteiger partial charge in [0.05, 0.1) is 18.8 Å². The standard InChI is InChI=1S/C25H42O11/c1-11-8-14(27)9-25(4,5)15(11)7-6-12(2)33-24-22(20(31)18(29)16(10-26)35-24)36-23-21(32)19(30)17(28)13(3)34-23/h8,12-13,15-24,26,28-32H,6-7,9-10H2,1-5H3/t12-,13-,15-,16-,17-,18-,19+,20+,21+,22-,23-,24-/m0/s1. The van der Waals surface area contributed by atoms with Gasteiger partial charge in [0, 0.05) is 6.42 Å². The lowest BCUT2D eigenvalue weighted by atomic mass is 9.66. The van der Waals surface area contributed by atoms with Crippen LogP contribution in [0.25, 0.3) is 0 Å². The summed E-state index contributed by atoms with van der Waals surface area (Å²) in [6.07, 6.45) is -10.5. The molecular formula is C25H42O11. The Balaban J connectivity index is 1.70. The Morgan fingerprint density at radius 2 is 1.69 bits per heavy atom. The van der Waals surface area contributed by atoms with Gasteiger partial charge in [-0.05, 0) is 51.0 Å². The van der Waals surface area contributed by atoms with E-state index in [1.807, 2.05) is 13.8 Å². The number of allylic oxidation sites excluding steroid dienone is 2. The van der Waals surface area contributed by atoms with E-state index in [2.05, 4.69) is 13.8 Å². The molecule has 2 fully saturated rings. The van der Waals surface area contributed by atoms with Gasteiger partial charge in [-0.2, -0.15) is 0 Å². The number of ether oxygens (including phenoxy) is 4. The molecule has 0 aromatic carbocycles. The second-order valence-corrected chi connectivity index (χ2v) is 11.1. The fourth-order valence-electron chi connectivity index (χ4n) is 5.50. The van der Waals surface area contributed by atoms with Crippen LogP contribution < -0.4 is 0 Å². The van der Waals surface area contributed by atoms with E-state index in [0.717, 1.165) is 12.0 Å². The van der Waals surface area contributed by atoms with Gasteiger partial charge in [0.25, 0.3) is 0 Å². The summed E-state index contributed by atoms with van der Waals surface area (Å²) in [6, 6.07) is 0. The molecule has 0 spiro atoms. The minimum Gasteiger partial charge on any atom is -0.394 e. The molecule has 1 aliphatic carbocycles. The number of hydrogen-bond acceptors (Lipinski definition) is 11. The van der Waals surface area contributed by atoms with Gasteiger partial charge in [-0.3, -0.25) is 4.79 Å². The molecule has 12 atom stereocenters. The highest BCUT2D eigenvalue weighted by molar-refractivity contribution is 5.91. The molecule has 3 aliphatic rings. The van der Waals surface area contributed by atoms with E-state index in [0.29, 0.717) is 12.8 Å². The average Bonchev–Trinajstić information content (AvgIpc) is 2.79. The van der Waals surface area contributed by atoms with Crippen molar-refractivity contribution in [2.45, 2.75) is 121 Å². The summed E-state index contributed by atoms with van der Waals surface area (Å²) in [5.74, 6) is 0.300. The van der Waals surface area contributed by atoms with Crippen LogP contribution in [0.4, 0.5) is 0 Å². The first-order valence-corrected chi connectivity index (χ1v) is 12.6. The largest absolute Gasteiger partial charge is 0.394 e. The Morgan fingerprint density at radius 1 is 1.03 bits per heavy atom. The van der Waals surface area contributed by atoms with Crippen molar-refractivity contribution in [3.63, 3.8) is 0 Å². The second-order valence-electron chi connectivity index (χ2n) is 11.1. The van der Waals surface area contributed by atoms with Gasteiger partial charge in [0.15, 0.2) is 18.4 Å². The summed E-state index contributed by atoms with van der Waals surface area (Å²) in [6.45, 7) is 8.83. The molecule has 0 amide bonds. The molecule has 6 N–H and O–H groups in total. The Morgan fingerprint density at radius 3 is 2.31 bits per heavy atom. The monoisotopic (exact) mass is 518 g/mol. The molecule has 11 heteroatoms. The maximum atomic E-state index is 12.0. The second kappa shape index (κ2) is 11.8. The van der Waals surface area contributed by atoms with Gasteiger partial charge in [-0.15, -0.1) is 0 Å². The molecule has 0 aromatic rings. The number of aliphatic hydroxyl groups excluding tert-OH is 6. The highest BCUT2D eigenvalue weighted by Gasteiger charge is 2.50. The number of rotatable bonds is 8. The van der Waals surface area contributed by atoms with Crippen LogP contribution in [0.3, 0.4) is 0 Å². The van der Waals surface area contributed by atoms with Crippen molar-refractivity contribution in [2.75, 3.05) is 6.61 Å². The molecule has 0 radical (unpaired) electrons. The molecule has 0 unspecified atom stereocenters. The highest BCUT2D eigenvalue weighted by Crippen LogP contribution is 2.42. The first kappa shape index (κ1) is 29.6. The third-order valence-corrected chi connectivity index (χ3v) is 7.66. The number of aliphatic hydroxyl groups is 6. The minimum absolute atomic E-state index is 0.121. The SMILES string of the molecule is CC1=CC(=O)CC(C)(C)[C@H]1CC[C@H](C)O[C@H]1O[C@@H](CO)[C@H](O)[C@@H](O)[C@@H]1O[C@@H]1O[C@@H](C)[C@H](O)[C@@H](O)[C@H]1O. The van der Waals surface area contributed by atoms with Crippen LogP contribution in [-0.4, -0.2) is 111 Å². The number of carbonyl (C=O) groups excluding carboxylic acids is 1. The molecule has 208 valence electrons. The summed E-state index contributed by atoms with van der Waals surface area (Å²) in [5, 5.41) is 61.1. The van der Waals surface area contributed by atoms with Crippen LogP contribution in [0.15, 0.2) is 11.6 Å². The lowest BCUT2D eigenvalue weighted by Crippen LogP contribution is -2.64. The Kier molecular flexibility index (Phi) is 9.70. The first-order valence-electron chi connectivity index (χ1n) is 12.6. The maximum absolute atomic E-state index is 12.0. The van der Waals surface area contributed by atoms with Crippen LogP contribution in [0.5, 0.6) is 0 Å². The lowest BCUT2D eigenvalue weighted by molar-refractivity contribution is -0.368. The van der Waals surface area contributed by atoms with Crippen molar-refractivity contribution < 1.29 is 54.4 Å². The van der Waals surface area contributed by atoms with E-state index in [-0.39, 0.29) is 17.1 Å². The topological polar surface area (TPSA) is 175 Å². The van der Waals surface area contributed by atoms with E-state index in [1.165, 1.54) is 6.92 Å². The molecule has 3 rings (SSSR count). The first-order chi connectivity index (χ1) is 16.8. The quantitative estimate of drug-likeness (QED) is 0.242. The number of hydrogen-bond donors (Lipinski definition) is 6. The molecule has 2 heterocycles. The van der Waals surface area contributed by atoms with Gasteiger partial charge in [0.2, 0.25) is 0 Å². The van der Waals surface area contributed by atoms with E-state index in [9.17, 15) is 35.4 Å². The summed E-state index contributed by atoms with van der Waals surface area (Å²) < 4.78 is 23.0. The molecule has 2 aliphatic heterocycles. The van der Waals surface area contributed by atoms with E-state index in [1.54, 1.807) is 6.08 Å². The van der Waals surface area contributed by atoms with Gasteiger partial charge in [-0.25, -0.2) is 0 Å². The predicted molar refractivity (Wildman–Crippen MR) is 125 cm³/mol. The van der Waals surface area contributed by atoms with Crippen LogP contribution in [0.1, 0.15) is 53.9 Å². The molecule has 11 nitrogen and oxygen atoms in total. The van der Waals surface area contributed by atoms with Gasteiger partial charge in [0.1, 0.15) is 42.7 Å². The third kappa shape index (κ3) is 6.35. The number of ketones is 1. The van der Waals surface area contributed by atoms with Crippen molar-refractivity contribution in [3.05, 3.63) is 11.6 Å². The minimum atomic E-state index is -1.62. The molecule has 0 bridgehead atoms. The molecule has 0 saturated carbocycles. The fourth-order valence-corrected chi connectivity index (χ4v) is 5.50. The van der Waals surface area contributed by atoms with Gasteiger partial charge < -0.3 is 49.6 Å². The summed E-state index contributed by atoms with van der Waals surface area (Å²) >= 11 is 0. The van der Waals surface area contributed by atoms with Crippen LogP contribution in [0, 0.1) is 11.3 Å². The third-order valence-electron chi connectivity index (χ3n) is 7.66. The Hall–Kier alpha value is -0.990. The highest BCUT2D eigenvalue weighted by atomic mass is 16.8. The lowest BCUT2D eigenvalue weighted by Gasteiger charge is -2.46. The van der Waals surface area contributed by atoms with Crippen molar-refractivity contribution in [2.24, 2.45) is 11.3 Å². The zero-order valence-corrected chi connectivity index (χ0v) is 21.6. The summed E-state index contributed by atoms with van der Waals surface area (Å²) in [4.78, 5) is 12.0. The van der Waals surface area contributed by atoms with Crippen molar-refractivity contribution in [3.8, 4) is 0 Å². The average molecular weight is 519 g/mol. The molecule has 2 saturated heterocycles. The molecular weight excluding hydrogens is 476 g/mol. The Labute approximate surface area is 211 Å².